The van der Waals surface area contributed by atoms with Crippen LogP contribution in [0.15, 0.2) is 0 Å². The molecule has 0 unspecified atom stereocenters. The first kappa shape index (κ1) is 14.9. The lowest BCUT2D eigenvalue weighted by Crippen LogP contribution is -2.46. The number of piperidine rings is 1. The smallest absolute Gasteiger partial charge is 0.0589 e. The minimum Gasteiger partial charge on any atom is -0.383 e. The molecule has 4 nitrogen and oxygen atoms in total. The van der Waals surface area contributed by atoms with Gasteiger partial charge in [0, 0.05) is 33.4 Å². The fourth-order valence-electron chi connectivity index (χ4n) is 2.49. The number of nitrogens with zero attached hydrogens (tertiary/aromatic N) is 2. The van der Waals surface area contributed by atoms with Crippen LogP contribution >= 0.6 is 0 Å². The SMILES string of the molecule is CCN1CCC(N(CCOC)CCOC)CC1. The topological polar surface area (TPSA) is 24.9 Å². The summed E-state index contributed by atoms with van der Waals surface area (Å²) < 4.78 is 10.4. The second kappa shape index (κ2) is 8.86. The van der Waals surface area contributed by atoms with E-state index in [0.29, 0.717) is 6.04 Å². The molecule has 4 heteroatoms. The third-order valence-electron chi connectivity index (χ3n) is 3.69. The van der Waals surface area contributed by atoms with Crippen LogP contribution in [0.5, 0.6) is 0 Å². The number of methoxy groups -OCH3 is 2. The molecule has 0 aromatic rings. The lowest BCUT2D eigenvalue weighted by Gasteiger charge is -2.38. The zero-order valence-electron chi connectivity index (χ0n) is 11.7. The molecular weight excluding hydrogens is 216 g/mol. The summed E-state index contributed by atoms with van der Waals surface area (Å²) in [5.74, 6) is 0. The summed E-state index contributed by atoms with van der Waals surface area (Å²) in [4.78, 5) is 5.06. The normalized spacial score (nSPS) is 19.1. The second-order valence-corrected chi connectivity index (χ2v) is 4.69. The van der Waals surface area contributed by atoms with Crippen molar-refractivity contribution in [3.05, 3.63) is 0 Å². The molecule has 0 spiro atoms. The molecule has 0 bridgehead atoms. The van der Waals surface area contributed by atoms with E-state index in [1.807, 2.05) is 0 Å². The van der Waals surface area contributed by atoms with Crippen molar-refractivity contribution in [2.45, 2.75) is 25.8 Å². The Kier molecular flexibility index (Phi) is 7.77. The van der Waals surface area contributed by atoms with Gasteiger partial charge < -0.3 is 14.4 Å². The fraction of sp³-hybridized carbons (Fsp3) is 1.00. The van der Waals surface area contributed by atoms with Crippen LogP contribution in [0.25, 0.3) is 0 Å². The van der Waals surface area contributed by atoms with Crippen molar-refractivity contribution in [3.8, 4) is 0 Å². The van der Waals surface area contributed by atoms with Crippen LogP contribution in [-0.4, -0.2) is 76.0 Å². The molecule has 102 valence electrons. The minimum absolute atomic E-state index is 0.711. The Balaban J connectivity index is 2.34. The van der Waals surface area contributed by atoms with E-state index in [0.717, 1.165) is 26.3 Å². The van der Waals surface area contributed by atoms with E-state index in [2.05, 4.69) is 16.7 Å². The molecule has 1 aliphatic rings. The highest BCUT2D eigenvalue weighted by molar-refractivity contribution is 4.79. The van der Waals surface area contributed by atoms with Crippen LogP contribution < -0.4 is 0 Å². The lowest BCUT2D eigenvalue weighted by atomic mass is 10.0. The van der Waals surface area contributed by atoms with Crippen molar-refractivity contribution in [2.75, 3.05) is 60.2 Å². The number of hydrogen-bond acceptors (Lipinski definition) is 4. The fourth-order valence-corrected chi connectivity index (χ4v) is 2.49. The molecule has 0 saturated carbocycles. The summed E-state index contributed by atoms with van der Waals surface area (Å²) in [5.41, 5.74) is 0. The van der Waals surface area contributed by atoms with Gasteiger partial charge in [-0.05, 0) is 32.5 Å². The van der Waals surface area contributed by atoms with E-state index in [4.69, 9.17) is 9.47 Å². The predicted octanol–water partition coefficient (Wildman–Crippen LogP) is 1.07. The van der Waals surface area contributed by atoms with Gasteiger partial charge in [0.2, 0.25) is 0 Å². The molecule has 0 atom stereocenters. The maximum absolute atomic E-state index is 5.19. The summed E-state index contributed by atoms with van der Waals surface area (Å²) in [6.07, 6.45) is 2.56. The molecular formula is C13H28N2O2. The molecule has 1 rings (SSSR count). The lowest BCUT2D eigenvalue weighted by molar-refractivity contribution is 0.0586. The summed E-state index contributed by atoms with van der Waals surface area (Å²) in [5, 5.41) is 0. The highest BCUT2D eigenvalue weighted by Crippen LogP contribution is 2.16. The van der Waals surface area contributed by atoms with E-state index >= 15 is 0 Å². The molecule has 0 aliphatic carbocycles. The van der Waals surface area contributed by atoms with Crippen molar-refractivity contribution < 1.29 is 9.47 Å². The van der Waals surface area contributed by atoms with E-state index in [1.165, 1.54) is 32.5 Å². The number of ether oxygens (including phenoxy) is 2. The average molecular weight is 244 g/mol. The molecule has 1 heterocycles. The third-order valence-corrected chi connectivity index (χ3v) is 3.69. The van der Waals surface area contributed by atoms with Gasteiger partial charge in [-0.2, -0.15) is 0 Å². The Bertz CT molecular complexity index is 174. The highest BCUT2D eigenvalue weighted by atomic mass is 16.5. The summed E-state index contributed by atoms with van der Waals surface area (Å²) in [7, 11) is 3.54. The predicted molar refractivity (Wildman–Crippen MR) is 70.5 cm³/mol. The van der Waals surface area contributed by atoms with Crippen molar-refractivity contribution in [1.82, 2.24) is 9.80 Å². The average Bonchev–Trinajstić information content (AvgIpc) is 2.39. The first-order chi connectivity index (χ1) is 8.31. The first-order valence-corrected chi connectivity index (χ1v) is 6.76. The Morgan fingerprint density at radius 3 is 2.00 bits per heavy atom. The van der Waals surface area contributed by atoms with Crippen LogP contribution in [0.1, 0.15) is 19.8 Å². The minimum atomic E-state index is 0.711. The number of likely N-dealkylation sites (tertiary alicyclic amines) is 1. The van der Waals surface area contributed by atoms with Gasteiger partial charge >= 0.3 is 0 Å². The molecule has 0 aromatic carbocycles. The van der Waals surface area contributed by atoms with Crippen LogP contribution in [0.3, 0.4) is 0 Å². The van der Waals surface area contributed by atoms with Crippen molar-refractivity contribution >= 4 is 0 Å². The van der Waals surface area contributed by atoms with Gasteiger partial charge in [-0.3, -0.25) is 4.90 Å². The first-order valence-electron chi connectivity index (χ1n) is 6.76. The largest absolute Gasteiger partial charge is 0.383 e. The Morgan fingerprint density at radius 1 is 1.06 bits per heavy atom. The summed E-state index contributed by atoms with van der Waals surface area (Å²) in [6.45, 7) is 9.58. The van der Waals surface area contributed by atoms with E-state index in [-0.39, 0.29) is 0 Å². The van der Waals surface area contributed by atoms with Crippen LogP contribution in [0.4, 0.5) is 0 Å². The standard InChI is InChI=1S/C13H28N2O2/c1-4-14-7-5-13(6-8-14)15(9-11-16-2)10-12-17-3/h13H,4-12H2,1-3H3. The molecule has 17 heavy (non-hydrogen) atoms. The van der Waals surface area contributed by atoms with Gasteiger partial charge in [-0.1, -0.05) is 6.92 Å². The quantitative estimate of drug-likeness (QED) is 0.637. The van der Waals surface area contributed by atoms with Crippen LogP contribution in [0.2, 0.25) is 0 Å². The van der Waals surface area contributed by atoms with Gasteiger partial charge in [0.05, 0.1) is 13.2 Å². The number of hydrogen-bond donors (Lipinski definition) is 0. The zero-order valence-corrected chi connectivity index (χ0v) is 11.7. The van der Waals surface area contributed by atoms with Gasteiger partial charge in [0.1, 0.15) is 0 Å². The third kappa shape index (κ3) is 5.34. The Hall–Kier alpha value is -0.160. The maximum atomic E-state index is 5.19. The van der Waals surface area contributed by atoms with Crippen LogP contribution in [0, 0.1) is 0 Å². The molecule has 0 aromatic heterocycles. The van der Waals surface area contributed by atoms with E-state index in [1.54, 1.807) is 14.2 Å². The highest BCUT2D eigenvalue weighted by Gasteiger charge is 2.23. The summed E-state index contributed by atoms with van der Waals surface area (Å²) in [6, 6.07) is 0.711. The van der Waals surface area contributed by atoms with Crippen molar-refractivity contribution in [3.63, 3.8) is 0 Å². The van der Waals surface area contributed by atoms with Gasteiger partial charge in [-0.15, -0.1) is 0 Å². The van der Waals surface area contributed by atoms with Gasteiger partial charge in [-0.25, -0.2) is 0 Å². The molecule has 0 N–H and O–H groups in total. The summed E-state index contributed by atoms with van der Waals surface area (Å²) >= 11 is 0. The second-order valence-electron chi connectivity index (χ2n) is 4.69. The van der Waals surface area contributed by atoms with Crippen molar-refractivity contribution in [2.24, 2.45) is 0 Å². The van der Waals surface area contributed by atoms with E-state index < -0.39 is 0 Å². The molecule has 1 saturated heterocycles. The van der Waals surface area contributed by atoms with Gasteiger partial charge in [0.15, 0.2) is 0 Å². The monoisotopic (exact) mass is 244 g/mol. The molecule has 1 fully saturated rings. The van der Waals surface area contributed by atoms with Crippen molar-refractivity contribution in [1.29, 1.82) is 0 Å². The van der Waals surface area contributed by atoms with Crippen LogP contribution in [-0.2, 0) is 9.47 Å². The zero-order chi connectivity index (χ0) is 12.5. The van der Waals surface area contributed by atoms with Gasteiger partial charge in [0.25, 0.3) is 0 Å². The number of rotatable bonds is 8. The Labute approximate surface area is 106 Å². The maximum Gasteiger partial charge on any atom is 0.0589 e. The van der Waals surface area contributed by atoms with E-state index in [9.17, 15) is 0 Å². The molecule has 0 radical (unpaired) electrons. The Morgan fingerprint density at radius 2 is 1.59 bits per heavy atom. The molecule has 0 amide bonds. The molecule has 1 aliphatic heterocycles.